The highest BCUT2D eigenvalue weighted by molar-refractivity contribution is 7.91. The van der Waals surface area contributed by atoms with Crippen LogP contribution in [0.15, 0.2) is 51.8 Å². The normalized spacial score (nSPS) is 11.4. The number of benzene rings is 2. The van der Waals surface area contributed by atoms with Gasteiger partial charge in [0.1, 0.15) is 0 Å². The Morgan fingerprint density at radius 1 is 1.00 bits per heavy atom. The molecular formula is C21H23N3O4S. The van der Waals surface area contributed by atoms with Gasteiger partial charge in [0.05, 0.1) is 17.1 Å². The summed E-state index contributed by atoms with van der Waals surface area (Å²) in [4.78, 5) is 12.3. The number of hydrogen-bond acceptors (Lipinski definition) is 6. The molecule has 0 aliphatic heterocycles. The maximum atomic E-state index is 12.3. The van der Waals surface area contributed by atoms with E-state index >= 15 is 0 Å². The number of amides is 1. The van der Waals surface area contributed by atoms with Gasteiger partial charge in [-0.25, -0.2) is 8.42 Å². The first-order chi connectivity index (χ1) is 13.7. The second-order valence-corrected chi connectivity index (χ2v) is 9.14. The molecule has 0 aliphatic rings. The van der Waals surface area contributed by atoms with Crippen LogP contribution in [-0.4, -0.2) is 30.3 Å². The van der Waals surface area contributed by atoms with Crippen molar-refractivity contribution in [1.29, 1.82) is 0 Å². The van der Waals surface area contributed by atoms with Gasteiger partial charge in [0.2, 0.25) is 11.8 Å². The first-order valence-corrected chi connectivity index (χ1v) is 10.9. The van der Waals surface area contributed by atoms with Crippen molar-refractivity contribution in [3.05, 3.63) is 70.6 Å². The number of anilines is 1. The van der Waals surface area contributed by atoms with E-state index in [2.05, 4.69) is 15.5 Å². The van der Waals surface area contributed by atoms with Gasteiger partial charge < -0.3 is 4.42 Å². The Morgan fingerprint density at radius 3 is 2.41 bits per heavy atom. The van der Waals surface area contributed by atoms with Crippen molar-refractivity contribution in [2.45, 2.75) is 38.5 Å². The fourth-order valence-corrected chi connectivity index (χ4v) is 3.98. The van der Waals surface area contributed by atoms with Crippen molar-refractivity contribution in [2.75, 3.05) is 11.1 Å². The third-order valence-corrected chi connectivity index (χ3v) is 6.35. The number of nitrogens with one attached hydrogen (secondary N) is 1. The predicted molar refractivity (Wildman–Crippen MR) is 109 cm³/mol. The average Bonchev–Trinajstić information content (AvgIpc) is 3.10. The Balaban J connectivity index is 1.56. The molecule has 1 amide bonds. The zero-order valence-electron chi connectivity index (χ0n) is 16.6. The summed E-state index contributed by atoms with van der Waals surface area (Å²) in [5.74, 6) is -0.427. The number of carbonyl (C=O) groups excluding carboxylic acids is 1. The minimum absolute atomic E-state index is 0.0402. The highest BCUT2D eigenvalue weighted by atomic mass is 32.2. The van der Waals surface area contributed by atoms with E-state index in [-0.39, 0.29) is 23.1 Å². The van der Waals surface area contributed by atoms with Crippen LogP contribution in [0.5, 0.6) is 0 Å². The van der Waals surface area contributed by atoms with Crippen LogP contribution >= 0.6 is 0 Å². The Labute approximate surface area is 170 Å². The van der Waals surface area contributed by atoms with Crippen molar-refractivity contribution in [1.82, 2.24) is 10.2 Å². The molecule has 8 heteroatoms. The van der Waals surface area contributed by atoms with Crippen LogP contribution in [0.3, 0.4) is 0 Å². The molecule has 0 bridgehead atoms. The topological polar surface area (TPSA) is 102 Å². The van der Waals surface area contributed by atoms with E-state index in [9.17, 15) is 13.2 Å². The minimum Gasteiger partial charge on any atom is -0.407 e. The SMILES string of the molecule is Cc1ccc(S(=O)(=O)CCC(=O)Nc2nnc(Cc3ccc(C)c(C)c3)o2)cc1. The molecule has 2 aromatic carbocycles. The lowest BCUT2D eigenvalue weighted by atomic mass is 10.0. The molecule has 1 heterocycles. The van der Waals surface area contributed by atoms with E-state index in [4.69, 9.17) is 4.42 Å². The highest BCUT2D eigenvalue weighted by Crippen LogP contribution is 2.16. The molecule has 1 aromatic heterocycles. The molecule has 0 atom stereocenters. The molecule has 29 heavy (non-hydrogen) atoms. The number of carbonyl (C=O) groups is 1. The number of rotatable bonds is 7. The molecule has 7 nitrogen and oxygen atoms in total. The molecule has 0 unspecified atom stereocenters. The molecule has 0 fully saturated rings. The minimum atomic E-state index is -3.53. The lowest BCUT2D eigenvalue weighted by molar-refractivity contribution is -0.116. The monoisotopic (exact) mass is 413 g/mol. The van der Waals surface area contributed by atoms with Crippen molar-refractivity contribution in [3.63, 3.8) is 0 Å². The first kappa shape index (κ1) is 20.7. The fourth-order valence-electron chi connectivity index (χ4n) is 2.74. The standard InChI is InChI=1S/C21H23N3O4S/c1-14-4-8-18(9-5-14)29(26,27)11-10-19(25)22-21-24-23-20(28-21)13-17-7-6-15(2)16(3)12-17/h4-9,12H,10-11,13H2,1-3H3,(H,22,24,25). The molecule has 0 aliphatic carbocycles. The van der Waals surface area contributed by atoms with E-state index in [1.54, 1.807) is 24.3 Å². The summed E-state index contributed by atoms with van der Waals surface area (Å²) in [7, 11) is -3.53. The van der Waals surface area contributed by atoms with Crippen LogP contribution in [0.25, 0.3) is 0 Å². The van der Waals surface area contributed by atoms with E-state index in [1.807, 2.05) is 39.0 Å². The van der Waals surface area contributed by atoms with Crippen LogP contribution < -0.4 is 5.32 Å². The van der Waals surface area contributed by atoms with Gasteiger partial charge in [-0.3, -0.25) is 10.1 Å². The summed E-state index contributed by atoms with van der Waals surface area (Å²) in [6.45, 7) is 5.95. The zero-order chi connectivity index (χ0) is 21.0. The van der Waals surface area contributed by atoms with Crippen molar-refractivity contribution < 1.29 is 17.6 Å². The molecule has 0 saturated heterocycles. The van der Waals surface area contributed by atoms with Gasteiger partial charge in [0.15, 0.2) is 9.84 Å². The molecule has 3 aromatic rings. The van der Waals surface area contributed by atoms with Gasteiger partial charge in [-0.05, 0) is 49.6 Å². The molecule has 0 spiro atoms. The maximum Gasteiger partial charge on any atom is 0.322 e. The summed E-state index contributed by atoms with van der Waals surface area (Å²) < 4.78 is 30.1. The van der Waals surface area contributed by atoms with Gasteiger partial charge >= 0.3 is 6.01 Å². The quantitative estimate of drug-likeness (QED) is 0.637. The van der Waals surface area contributed by atoms with E-state index in [1.165, 1.54) is 11.1 Å². The van der Waals surface area contributed by atoms with E-state index in [0.717, 1.165) is 11.1 Å². The van der Waals surface area contributed by atoms with Crippen LogP contribution in [0.1, 0.15) is 34.6 Å². The Hall–Kier alpha value is -3.00. The Morgan fingerprint density at radius 2 is 1.72 bits per heavy atom. The van der Waals surface area contributed by atoms with Gasteiger partial charge in [0, 0.05) is 6.42 Å². The summed E-state index contributed by atoms with van der Waals surface area (Å²) >= 11 is 0. The van der Waals surface area contributed by atoms with Gasteiger partial charge in [-0.15, -0.1) is 5.10 Å². The first-order valence-electron chi connectivity index (χ1n) is 9.21. The van der Waals surface area contributed by atoms with Crippen LogP contribution in [0.4, 0.5) is 6.01 Å². The van der Waals surface area contributed by atoms with E-state index < -0.39 is 15.7 Å². The third-order valence-electron chi connectivity index (χ3n) is 4.62. The van der Waals surface area contributed by atoms with Crippen LogP contribution in [-0.2, 0) is 21.1 Å². The highest BCUT2D eigenvalue weighted by Gasteiger charge is 2.18. The van der Waals surface area contributed by atoms with Crippen LogP contribution in [0.2, 0.25) is 0 Å². The van der Waals surface area contributed by atoms with Gasteiger partial charge in [-0.2, -0.15) is 0 Å². The largest absolute Gasteiger partial charge is 0.407 e. The second kappa shape index (κ2) is 8.57. The molecule has 1 N–H and O–H groups in total. The zero-order valence-corrected chi connectivity index (χ0v) is 17.4. The average molecular weight is 413 g/mol. The van der Waals surface area contributed by atoms with Crippen molar-refractivity contribution in [2.24, 2.45) is 0 Å². The smallest absolute Gasteiger partial charge is 0.322 e. The second-order valence-electron chi connectivity index (χ2n) is 7.03. The Kier molecular flexibility index (Phi) is 6.12. The van der Waals surface area contributed by atoms with Gasteiger partial charge in [-0.1, -0.05) is 41.0 Å². The molecule has 152 valence electrons. The summed E-state index contributed by atoms with van der Waals surface area (Å²) in [5.41, 5.74) is 4.37. The predicted octanol–water partition coefficient (Wildman–Crippen LogP) is 3.39. The lowest BCUT2D eigenvalue weighted by Gasteiger charge is -2.05. The number of nitrogens with zero attached hydrogens (tertiary/aromatic N) is 2. The fraction of sp³-hybridized carbons (Fsp3) is 0.286. The maximum absolute atomic E-state index is 12.3. The summed E-state index contributed by atoms with van der Waals surface area (Å²) in [6, 6.07) is 12.6. The van der Waals surface area contributed by atoms with Crippen molar-refractivity contribution in [3.8, 4) is 0 Å². The number of sulfone groups is 1. The molecular weight excluding hydrogens is 390 g/mol. The van der Waals surface area contributed by atoms with E-state index in [0.29, 0.717) is 12.3 Å². The number of aryl methyl sites for hydroxylation is 3. The summed E-state index contributed by atoms with van der Waals surface area (Å²) in [5, 5.41) is 10.2. The lowest BCUT2D eigenvalue weighted by Crippen LogP contribution is -2.17. The third kappa shape index (κ3) is 5.51. The number of hydrogen-bond donors (Lipinski definition) is 1. The Bertz CT molecular complexity index is 1120. The summed E-state index contributed by atoms with van der Waals surface area (Å²) in [6.07, 6.45) is 0.247. The molecule has 3 rings (SSSR count). The molecule has 0 saturated carbocycles. The number of aromatic nitrogens is 2. The van der Waals surface area contributed by atoms with Crippen LogP contribution in [0, 0.1) is 20.8 Å². The van der Waals surface area contributed by atoms with Gasteiger partial charge in [0.25, 0.3) is 0 Å². The van der Waals surface area contributed by atoms with Crippen molar-refractivity contribution >= 4 is 21.8 Å². The molecule has 0 radical (unpaired) electrons.